The Hall–Kier alpha value is -3.19. The molecule has 0 aliphatic heterocycles. The number of nitrogens with one attached hydrogen (secondary N) is 2. The van der Waals surface area contributed by atoms with Gasteiger partial charge in [0.2, 0.25) is 0 Å². The quantitative estimate of drug-likeness (QED) is 0.589. The average molecular weight is 423 g/mol. The molecule has 4 rings (SSSR count). The molecular formula is C24H26FN3O3. The molecule has 6 nitrogen and oxygen atoms in total. The van der Waals surface area contributed by atoms with Crippen molar-refractivity contribution in [1.29, 1.82) is 0 Å². The van der Waals surface area contributed by atoms with Crippen LogP contribution in [0.5, 0.6) is 0 Å². The summed E-state index contributed by atoms with van der Waals surface area (Å²) >= 11 is 0. The number of nitrogens with zero attached hydrogens (tertiary/aromatic N) is 1. The van der Waals surface area contributed by atoms with E-state index < -0.39 is 11.9 Å². The van der Waals surface area contributed by atoms with E-state index in [4.69, 9.17) is 0 Å². The first-order valence-corrected chi connectivity index (χ1v) is 10.5. The van der Waals surface area contributed by atoms with Crippen molar-refractivity contribution in [2.45, 2.75) is 44.4 Å². The molecule has 1 aliphatic rings. The van der Waals surface area contributed by atoms with E-state index in [-0.39, 0.29) is 28.8 Å². The van der Waals surface area contributed by atoms with E-state index in [1.807, 2.05) is 10.6 Å². The number of benzene rings is 2. The maximum absolute atomic E-state index is 14.7. The number of carbonyl (C=O) groups excluding carboxylic acids is 2. The zero-order valence-corrected chi connectivity index (χ0v) is 17.4. The Labute approximate surface area is 180 Å². The van der Waals surface area contributed by atoms with E-state index in [2.05, 4.69) is 10.6 Å². The number of amides is 2. The monoisotopic (exact) mass is 423 g/mol. The van der Waals surface area contributed by atoms with Crippen molar-refractivity contribution in [2.75, 3.05) is 7.05 Å². The Morgan fingerprint density at radius 1 is 1.13 bits per heavy atom. The van der Waals surface area contributed by atoms with E-state index in [1.165, 1.54) is 6.07 Å². The van der Waals surface area contributed by atoms with Gasteiger partial charge in [-0.05, 0) is 42.7 Å². The van der Waals surface area contributed by atoms with Crippen LogP contribution in [-0.4, -0.2) is 40.7 Å². The molecule has 1 aromatic heterocycles. The number of hydrogen-bond acceptors (Lipinski definition) is 3. The SMILES string of the molecule is CNC(=O)c1cccc(Cn2cc(C(=O)N[C@H]3CCCC[C@@H]3O)c3c(F)cccc32)c1. The third kappa shape index (κ3) is 4.32. The lowest BCUT2D eigenvalue weighted by Crippen LogP contribution is -2.45. The summed E-state index contributed by atoms with van der Waals surface area (Å²) in [5, 5.41) is 15.9. The van der Waals surface area contributed by atoms with Gasteiger partial charge in [0.05, 0.1) is 23.2 Å². The van der Waals surface area contributed by atoms with Crippen LogP contribution in [0.4, 0.5) is 4.39 Å². The largest absolute Gasteiger partial charge is 0.391 e. The summed E-state index contributed by atoms with van der Waals surface area (Å²) in [4.78, 5) is 25.0. The van der Waals surface area contributed by atoms with E-state index in [0.29, 0.717) is 30.5 Å². The van der Waals surface area contributed by atoms with Crippen LogP contribution in [0.25, 0.3) is 10.9 Å². The number of halogens is 1. The smallest absolute Gasteiger partial charge is 0.253 e. The van der Waals surface area contributed by atoms with Crippen molar-refractivity contribution in [3.05, 3.63) is 71.2 Å². The third-order valence-electron chi connectivity index (χ3n) is 5.92. The van der Waals surface area contributed by atoms with Gasteiger partial charge in [0.1, 0.15) is 5.82 Å². The van der Waals surface area contributed by atoms with E-state index in [1.54, 1.807) is 43.6 Å². The fourth-order valence-corrected chi connectivity index (χ4v) is 4.29. The standard InChI is InChI=1S/C24H26FN3O3/c1-26-23(30)16-7-4-6-15(12-16)13-28-14-17(22-18(25)8-5-10-20(22)28)24(31)27-19-9-2-3-11-21(19)29/h4-8,10,12,14,19,21,29H,2-3,9,11,13H2,1H3,(H,26,30)(H,27,31)/t19-,21-/m0/s1. The van der Waals surface area contributed by atoms with E-state index in [9.17, 15) is 19.1 Å². The number of fused-ring (bicyclic) bond motifs is 1. The van der Waals surface area contributed by atoms with Crippen molar-refractivity contribution in [3.8, 4) is 0 Å². The van der Waals surface area contributed by atoms with E-state index in [0.717, 1.165) is 18.4 Å². The molecule has 2 amide bonds. The van der Waals surface area contributed by atoms with Crippen LogP contribution in [0.1, 0.15) is 52.0 Å². The molecule has 0 spiro atoms. The second-order valence-electron chi connectivity index (χ2n) is 8.02. The van der Waals surface area contributed by atoms with Crippen LogP contribution >= 0.6 is 0 Å². The second kappa shape index (κ2) is 8.89. The Morgan fingerprint density at radius 3 is 2.68 bits per heavy atom. The van der Waals surface area contributed by atoms with Gasteiger partial charge in [-0.15, -0.1) is 0 Å². The molecule has 31 heavy (non-hydrogen) atoms. The molecule has 7 heteroatoms. The van der Waals surface area contributed by atoms with Crippen LogP contribution in [0.2, 0.25) is 0 Å². The summed E-state index contributed by atoms with van der Waals surface area (Å²) in [7, 11) is 1.57. The molecule has 1 saturated carbocycles. The lowest BCUT2D eigenvalue weighted by molar-refractivity contribution is 0.0718. The Kier molecular flexibility index (Phi) is 6.04. The predicted octanol–water partition coefficient (Wildman–Crippen LogP) is 3.22. The third-order valence-corrected chi connectivity index (χ3v) is 5.92. The maximum Gasteiger partial charge on any atom is 0.253 e. The van der Waals surface area contributed by atoms with Crippen molar-refractivity contribution < 1.29 is 19.1 Å². The summed E-state index contributed by atoms with van der Waals surface area (Å²) in [6, 6.07) is 11.6. The molecule has 3 aromatic rings. The molecule has 2 atom stereocenters. The highest BCUT2D eigenvalue weighted by Crippen LogP contribution is 2.26. The summed E-state index contributed by atoms with van der Waals surface area (Å²) in [6.45, 7) is 0.379. The number of rotatable bonds is 5. The zero-order valence-electron chi connectivity index (χ0n) is 17.4. The van der Waals surface area contributed by atoms with Crippen molar-refractivity contribution in [2.24, 2.45) is 0 Å². The lowest BCUT2D eigenvalue weighted by Gasteiger charge is -2.28. The normalized spacial score (nSPS) is 18.7. The summed E-state index contributed by atoms with van der Waals surface area (Å²) < 4.78 is 16.5. The van der Waals surface area contributed by atoms with Crippen molar-refractivity contribution in [1.82, 2.24) is 15.2 Å². The molecular weight excluding hydrogens is 397 g/mol. The first-order chi connectivity index (χ1) is 15.0. The van der Waals surface area contributed by atoms with E-state index >= 15 is 0 Å². The lowest BCUT2D eigenvalue weighted by atomic mass is 9.92. The van der Waals surface area contributed by atoms with Gasteiger partial charge < -0.3 is 20.3 Å². The Morgan fingerprint density at radius 2 is 1.90 bits per heavy atom. The molecule has 2 aromatic carbocycles. The molecule has 162 valence electrons. The maximum atomic E-state index is 14.7. The molecule has 1 fully saturated rings. The van der Waals surface area contributed by atoms with Crippen molar-refractivity contribution >= 4 is 22.7 Å². The van der Waals surface area contributed by atoms with Crippen LogP contribution in [0.15, 0.2) is 48.7 Å². The highest BCUT2D eigenvalue weighted by atomic mass is 19.1. The molecule has 0 saturated heterocycles. The Bertz CT molecular complexity index is 1120. The molecule has 3 N–H and O–H groups in total. The predicted molar refractivity (Wildman–Crippen MR) is 117 cm³/mol. The van der Waals surface area contributed by atoms with Crippen LogP contribution in [0, 0.1) is 5.82 Å². The second-order valence-corrected chi connectivity index (χ2v) is 8.02. The summed E-state index contributed by atoms with van der Waals surface area (Å²) in [5.41, 5.74) is 2.23. The number of aliphatic hydroxyl groups excluding tert-OH is 1. The molecule has 0 unspecified atom stereocenters. The van der Waals surface area contributed by atoms with Crippen LogP contribution < -0.4 is 10.6 Å². The van der Waals surface area contributed by atoms with Gasteiger partial charge in [0.25, 0.3) is 11.8 Å². The van der Waals surface area contributed by atoms with Gasteiger partial charge in [-0.25, -0.2) is 4.39 Å². The number of aliphatic hydroxyl groups is 1. The molecule has 1 aliphatic carbocycles. The summed E-state index contributed by atoms with van der Waals surface area (Å²) in [6.07, 6.45) is 4.31. The number of hydrogen-bond donors (Lipinski definition) is 3. The number of aromatic nitrogens is 1. The van der Waals surface area contributed by atoms with Crippen LogP contribution in [-0.2, 0) is 6.54 Å². The minimum absolute atomic E-state index is 0.184. The van der Waals surface area contributed by atoms with Gasteiger partial charge in [0.15, 0.2) is 0 Å². The number of carbonyl (C=O) groups is 2. The van der Waals surface area contributed by atoms with Gasteiger partial charge in [-0.1, -0.05) is 31.0 Å². The van der Waals surface area contributed by atoms with Gasteiger partial charge in [-0.2, -0.15) is 0 Å². The first kappa shape index (κ1) is 21.1. The topological polar surface area (TPSA) is 83.4 Å². The average Bonchev–Trinajstić information content (AvgIpc) is 3.15. The highest BCUT2D eigenvalue weighted by Gasteiger charge is 2.27. The molecule has 0 radical (unpaired) electrons. The van der Waals surface area contributed by atoms with Gasteiger partial charge >= 0.3 is 0 Å². The van der Waals surface area contributed by atoms with Crippen LogP contribution in [0.3, 0.4) is 0 Å². The molecule has 1 heterocycles. The fraction of sp³-hybridized carbons (Fsp3) is 0.333. The molecule has 0 bridgehead atoms. The van der Waals surface area contributed by atoms with Gasteiger partial charge in [-0.3, -0.25) is 9.59 Å². The summed E-state index contributed by atoms with van der Waals surface area (Å²) in [5.74, 6) is -1.04. The first-order valence-electron chi connectivity index (χ1n) is 10.5. The van der Waals surface area contributed by atoms with Crippen molar-refractivity contribution in [3.63, 3.8) is 0 Å². The fourth-order valence-electron chi connectivity index (χ4n) is 4.29. The minimum atomic E-state index is -0.580. The zero-order chi connectivity index (χ0) is 22.0. The van der Waals surface area contributed by atoms with Gasteiger partial charge in [0, 0.05) is 30.7 Å². The minimum Gasteiger partial charge on any atom is -0.391 e. The highest BCUT2D eigenvalue weighted by molar-refractivity contribution is 6.07. The Balaban J connectivity index is 1.67.